The lowest BCUT2D eigenvalue weighted by atomic mass is 10.1. The molecule has 1 N–H and O–H groups in total. The zero-order valence-electron chi connectivity index (χ0n) is 10.1. The van der Waals surface area contributed by atoms with E-state index in [9.17, 15) is 0 Å². The number of methoxy groups -OCH3 is 1. The van der Waals surface area contributed by atoms with E-state index >= 15 is 0 Å². The predicted molar refractivity (Wildman–Crippen MR) is 71.5 cm³/mol. The molecule has 94 valence electrons. The van der Waals surface area contributed by atoms with Crippen molar-refractivity contribution in [3.63, 3.8) is 0 Å². The molecule has 0 saturated carbocycles. The van der Waals surface area contributed by atoms with E-state index in [1.165, 1.54) is 0 Å². The third kappa shape index (κ3) is 2.69. The number of anilines is 2. The summed E-state index contributed by atoms with van der Waals surface area (Å²) >= 11 is 3.55. The van der Waals surface area contributed by atoms with Crippen LogP contribution in [-0.4, -0.2) is 43.3 Å². The standard InChI is InChI=1S/C11H17BrN4O/c1-13-10-9(12)11(15-7-14-10)16-5-3-8(17-2)4-6-16/h7-8H,3-6H2,1-2H3,(H,13,14,15). The molecule has 0 radical (unpaired) electrons. The van der Waals surface area contributed by atoms with Gasteiger partial charge in [-0.2, -0.15) is 0 Å². The Morgan fingerprint density at radius 3 is 2.71 bits per heavy atom. The number of hydrogen-bond acceptors (Lipinski definition) is 5. The van der Waals surface area contributed by atoms with Gasteiger partial charge < -0.3 is 15.0 Å². The van der Waals surface area contributed by atoms with Gasteiger partial charge in [-0.25, -0.2) is 9.97 Å². The quantitative estimate of drug-likeness (QED) is 0.924. The van der Waals surface area contributed by atoms with Crippen LogP contribution in [0.15, 0.2) is 10.8 Å². The molecule has 1 aromatic heterocycles. The van der Waals surface area contributed by atoms with Gasteiger partial charge in [-0.15, -0.1) is 0 Å². The minimum Gasteiger partial charge on any atom is -0.381 e. The molecule has 0 spiro atoms. The molecule has 2 rings (SSSR count). The second-order valence-corrected chi connectivity index (χ2v) is 4.82. The van der Waals surface area contributed by atoms with E-state index in [1.54, 1.807) is 13.4 Å². The fourth-order valence-corrected chi connectivity index (χ4v) is 2.71. The summed E-state index contributed by atoms with van der Waals surface area (Å²) in [6.07, 6.45) is 4.06. The minimum absolute atomic E-state index is 0.385. The highest BCUT2D eigenvalue weighted by atomic mass is 79.9. The maximum atomic E-state index is 5.37. The van der Waals surface area contributed by atoms with Gasteiger partial charge in [0.15, 0.2) is 0 Å². The van der Waals surface area contributed by atoms with E-state index in [4.69, 9.17) is 4.74 Å². The maximum absolute atomic E-state index is 5.37. The minimum atomic E-state index is 0.385. The van der Waals surface area contributed by atoms with Crippen molar-refractivity contribution in [2.45, 2.75) is 18.9 Å². The monoisotopic (exact) mass is 300 g/mol. The van der Waals surface area contributed by atoms with Crippen molar-refractivity contribution >= 4 is 27.6 Å². The Labute approximate surface area is 110 Å². The summed E-state index contributed by atoms with van der Waals surface area (Å²) in [6.45, 7) is 1.94. The van der Waals surface area contributed by atoms with Gasteiger partial charge in [0, 0.05) is 27.2 Å². The number of nitrogens with zero attached hydrogens (tertiary/aromatic N) is 3. The van der Waals surface area contributed by atoms with Crippen molar-refractivity contribution in [1.29, 1.82) is 0 Å². The van der Waals surface area contributed by atoms with E-state index in [1.807, 2.05) is 7.05 Å². The molecule has 1 aromatic rings. The molecule has 1 saturated heterocycles. The fourth-order valence-electron chi connectivity index (χ4n) is 2.06. The Morgan fingerprint density at radius 2 is 2.12 bits per heavy atom. The number of rotatable bonds is 3. The van der Waals surface area contributed by atoms with Crippen molar-refractivity contribution in [2.75, 3.05) is 37.5 Å². The molecule has 6 heteroatoms. The number of hydrogen-bond donors (Lipinski definition) is 1. The van der Waals surface area contributed by atoms with Gasteiger partial charge in [0.25, 0.3) is 0 Å². The van der Waals surface area contributed by atoms with Gasteiger partial charge in [0.05, 0.1) is 6.10 Å². The first kappa shape index (κ1) is 12.6. The Kier molecular flexibility index (Phi) is 4.17. The Hall–Kier alpha value is -0.880. The van der Waals surface area contributed by atoms with E-state index in [2.05, 4.69) is 36.1 Å². The summed E-state index contributed by atoms with van der Waals surface area (Å²) in [6, 6.07) is 0. The average molecular weight is 301 g/mol. The van der Waals surface area contributed by atoms with Crippen LogP contribution >= 0.6 is 15.9 Å². The zero-order valence-corrected chi connectivity index (χ0v) is 11.7. The smallest absolute Gasteiger partial charge is 0.148 e. The molecule has 5 nitrogen and oxygen atoms in total. The topological polar surface area (TPSA) is 50.3 Å². The van der Waals surface area contributed by atoms with Crippen LogP contribution in [0.3, 0.4) is 0 Å². The molecule has 1 fully saturated rings. The molecule has 0 aromatic carbocycles. The Morgan fingerprint density at radius 1 is 1.41 bits per heavy atom. The van der Waals surface area contributed by atoms with Crippen LogP contribution in [0.25, 0.3) is 0 Å². The van der Waals surface area contributed by atoms with Crippen molar-refractivity contribution in [3.8, 4) is 0 Å². The largest absolute Gasteiger partial charge is 0.381 e. The summed E-state index contributed by atoms with van der Waals surface area (Å²) in [4.78, 5) is 10.8. The molecule has 1 aliphatic heterocycles. The first-order valence-electron chi connectivity index (χ1n) is 5.72. The van der Waals surface area contributed by atoms with Crippen molar-refractivity contribution in [3.05, 3.63) is 10.8 Å². The van der Waals surface area contributed by atoms with E-state index in [0.717, 1.165) is 42.0 Å². The second-order valence-electron chi connectivity index (χ2n) is 4.03. The molecule has 1 aliphatic rings. The van der Waals surface area contributed by atoms with Crippen LogP contribution in [0, 0.1) is 0 Å². The van der Waals surface area contributed by atoms with Crippen LogP contribution in [0.1, 0.15) is 12.8 Å². The average Bonchev–Trinajstić information content (AvgIpc) is 2.39. The molecule has 0 amide bonds. The van der Waals surface area contributed by atoms with Gasteiger partial charge in [-0.3, -0.25) is 0 Å². The SMILES string of the molecule is CNc1ncnc(N2CCC(OC)CC2)c1Br. The highest BCUT2D eigenvalue weighted by molar-refractivity contribution is 9.10. The number of piperidine rings is 1. The van der Waals surface area contributed by atoms with Crippen molar-refractivity contribution in [2.24, 2.45) is 0 Å². The van der Waals surface area contributed by atoms with Gasteiger partial charge in [-0.1, -0.05) is 0 Å². The zero-order chi connectivity index (χ0) is 12.3. The van der Waals surface area contributed by atoms with Gasteiger partial charge in [0.2, 0.25) is 0 Å². The molecule has 0 bridgehead atoms. The van der Waals surface area contributed by atoms with Gasteiger partial charge in [-0.05, 0) is 28.8 Å². The lowest BCUT2D eigenvalue weighted by Crippen LogP contribution is -2.37. The summed E-state index contributed by atoms with van der Waals surface area (Å²) in [5.41, 5.74) is 0. The van der Waals surface area contributed by atoms with Crippen LogP contribution in [0.2, 0.25) is 0 Å². The molecule has 2 heterocycles. The normalized spacial score (nSPS) is 17.2. The van der Waals surface area contributed by atoms with Gasteiger partial charge >= 0.3 is 0 Å². The Balaban J connectivity index is 2.13. The van der Waals surface area contributed by atoms with Crippen molar-refractivity contribution in [1.82, 2.24) is 9.97 Å². The van der Waals surface area contributed by atoms with E-state index in [0.29, 0.717) is 6.10 Å². The third-order valence-electron chi connectivity index (χ3n) is 3.08. The van der Waals surface area contributed by atoms with Crippen LogP contribution in [-0.2, 0) is 4.74 Å². The van der Waals surface area contributed by atoms with Crippen molar-refractivity contribution < 1.29 is 4.74 Å². The second kappa shape index (κ2) is 5.64. The van der Waals surface area contributed by atoms with Gasteiger partial charge in [0.1, 0.15) is 22.4 Å². The van der Waals surface area contributed by atoms with Crippen LogP contribution < -0.4 is 10.2 Å². The first-order chi connectivity index (χ1) is 8.26. The predicted octanol–water partition coefficient (Wildman–Crippen LogP) is 1.90. The number of aromatic nitrogens is 2. The fraction of sp³-hybridized carbons (Fsp3) is 0.636. The maximum Gasteiger partial charge on any atom is 0.148 e. The summed E-state index contributed by atoms with van der Waals surface area (Å²) in [5, 5.41) is 3.05. The van der Waals surface area contributed by atoms with E-state index < -0.39 is 0 Å². The highest BCUT2D eigenvalue weighted by Crippen LogP contribution is 2.30. The number of halogens is 1. The molecule has 17 heavy (non-hydrogen) atoms. The molecular weight excluding hydrogens is 284 g/mol. The lowest BCUT2D eigenvalue weighted by Gasteiger charge is -2.32. The lowest BCUT2D eigenvalue weighted by molar-refractivity contribution is 0.0818. The third-order valence-corrected chi connectivity index (χ3v) is 3.81. The summed E-state index contributed by atoms with van der Waals surface area (Å²) < 4.78 is 6.30. The van der Waals surface area contributed by atoms with Crippen LogP contribution in [0.4, 0.5) is 11.6 Å². The molecular formula is C11H17BrN4O. The summed E-state index contributed by atoms with van der Waals surface area (Å²) in [5.74, 6) is 1.78. The molecule has 0 aliphatic carbocycles. The molecule has 0 atom stereocenters. The first-order valence-corrected chi connectivity index (χ1v) is 6.51. The summed E-state index contributed by atoms with van der Waals surface area (Å²) in [7, 11) is 3.63. The number of nitrogens with one attached hydrogen (secondary N) is 1. The van der Waals surface area contributed by atoms with E-state index in [-0.39, 0.29) is 0 Å². The molecule has 0 unspecified atom stereocenters. The Bertz CT molecular complexity index is 380. The number of ether oxygens (including phenoxy) is 1. The van der Waals surface area contributed by atoms with Crippen LogP contribution in [0.5, 0.6) is 0 Å². The highest BCUT2D eigenvalue weighted by Gasteiger charge is 2.22.